The van der Waals surface area contributed by atoms with E-state index in [0.717, 1.165) is 39.0 Å². The van der Waals surface area contributed by atoms with Gasteiger partial charge in [-0.2, -0.15) is 5.10 Å². The van der Waals surface area contributed by atoms with Gasteiger partial charge in [0.25, 0.3) is 11.8 Å². The zero-order valence-corrected chi connectivity index (χ0v) is 41.9. The minimum Gasteiger partial charge on any atom is -0.464 e. The van der Waals surface area contributed by atoms with Crippen molar-refractivity contribution in [1.29, 1.82) is 0 Å². The average molecular weight is 935 g/mol. The van der Waals surface area contributed by atoms with Crippen molar-refractivity contribution in [3.05, 3.63) is 53.6 Å². The van der Waals surface area contributed by atoms with Crippen LogP contribution in [0.5, 0.6) is 0 Å². The third-order valence-corrected chi connectivity index (χ3v) is 13.8. The number of methoxy groups -OCH3 is 1. The number of amides is 3. The molecular formula is C51H70N10O7. The number of aryl methyl sites for hydroxylation is 2. The number of nitrogens with zero attached hydrogens (tertiary/aromatic N) is 8. The van der Waals surface area contributed by atoms with Crippen LogP contribution in [0.1, 0.15) is 91.4 Å². The summed E-state index contributed by atoms with van der Waals surface area (Å²) in [6.07, 6.45) is 2.85. The summed E-state index contributed by atoms with van der Waals surface area (Å²) >= 11 is 0. The van der Waals surface area contributed by atoms with E-state index in [4.69, 9.17) is 29.3 Å². The van der Waals surface area contributed by atoms with Crippen molar-refractivity contribution in [2.45, 2.75) is 117 Å². The quantitative estimate of drug-likeness (QED) is 0.157. The van der Waals surface area contributed by atoms with Crippen LogP contribution in [0.15, 0.2) is 36.5 Å². The van der Waals surface area contributed by atoms with Gasteiger partial charge in [0.1, 0.15) is 12.1 Å². The number of benzene rings is 1. The number of fused-ring (bicyclic) bond motifs is 6. The Hall–Kier alpha value is -5.67. The van der Waals surface area contributed by atoms with E-state index in [1.54, 1.807) is 22.9 Å². The maximum atomic E-state index is 14.6. The van der Waals surface area contributed by atoms with Crippen LogP contribution in [-0.2, 0) is 59.8 Å². The lowest BCUT2D eigenvalue weighted by molar-refractivity contribution is -0.155. The van der Waals surface area contributed by atoms with E-state index < -0.39 is 40.8 Å². The Morgan fingerprint density at radius 3 is 2.57 bits per heavy atom. The zero-order chi connectivity index (χ0) is 49.2. The molecule has 2 fully saturated rings. The summed E-state index contributed by atoms with van der Waals surface area (Å²) in [4.78, 5) is 69.0. The molecule has 3 aliphatic heterocycles. The van der Waals surface area contributed by atoms with E-state index in [1.165, 1.54) is 5.01 Å². The van der Waals surface area contributed by atoms with Gasteiger partial charge in [0.05, 0.1) is 48.3 Å². The molecular weight excluding hydrogens is 865 g/mol. The molecule has 0 radical (unpaired) electrons. The summed E-state index contributed by atoms with van der Waals surface area (Å²) in [7, 11) is 7.34. The highest BCUT2D eigenvalue weighted by Gasteiger charge is 2.38. The third kappa shape index (κ3) is 10.8. The number of ether oxygens (including phenoxy) is 3. The molecule has 1 unspecified atom stereocenters. The van der Waals surface area contributed by atoms with Gasteiger partial charge in [-0.3, -0.25) is 34.1 Å². The summed E-state index contributed by atoms with van der Waals surface area (Å²) in [5.74, 6) is 4.52. The molecule has 17 heteroatoms. The zero-order valence-electron chi connectivity index (χ0n) is 41.9. The molecule has 0 aliphatic carbocycles. The largest absolute Gasteiger partial charge is 0.464 e. The van der Waals surface area contributed by atoms with E-state index in [9.17, 15) is 19.2 Å². The van der Waals surface area contributed by atoms with Crippen LogP contribution in [0, 0.1) is 29.1 Å². The number of hydrazine groups is 1. The predicted octanol–water partition coefficient (Wildman–Crippen LogP) is 4.72. The molecule has 0 spiro atoms. The van der Waals surface area contributed by atoms with E-state index >= 15 is 0 Å². The molecule has 1 aromatic carbocycles. The second kappa shape index (κ2) is 20.5. The molecule has 68 heavy (non-hydrogen) atoms. The van der Waals surface area contributed by atoms with Crippen molar-refractivity contribution in [2.24, 2.45) is 24.3 Å². The van der Waals surface area contributed by atoms with Crippen molar-refractivity contribution in [3.8, 4) is 34.5 Å². The number of carbonyl (C=O) groups excluding carboxylic acids is 4. The number of likely N-dealkylation sites (tertiary alicyclic amines) is 1. The first-order valence-electron chi connectivity index (χ1n) is 23.9. The van der Waals surface area contributed by atoms with Crippen molar-refractivity contribution >= 4 is 34.6 Å². The highest BCUT2D eigenvalue weighted by molar-refractivity contribution is 5.95. The molecule has 7 rings (SSSR count). The fourth-order valence-electron chi connectivity index (χ4n) is 8.99. The van der Waals surface area contributed by atoms with Crippen LogP contribution in [0.25, 0.3) is 33.5 Å². The minimum absolute atomic E-state index is 0.0117. The minimum atomic E-state index is -1.08. The monoisotopic (exact) mass is 935 g/mol. The van der Waals surface area contributed by atoms with E-state index in [-0.39, 0.29) is 49.6 Å². The summed E-state index contributed by atoms with van der Waals surface area (Å²) in [5, 5.41) is 10.3. The van der Waals surface area contributed by atoms with E-state index in [0.29, 0.717) is 57.1 Å². The van der Waals surface area contributed by atoms with E-state index in [2.05, 4.69) is 66.1 Å². The van der Waals surface area contributed by atoms with Gasteiger partial charge in [-0.05, 0) is 109 Å². The molecule has 2 N–H and O–H groups in total. The molecule has 4 atom stereocenters. The maximum Gasteiger partial charge on any atom is 0.324 e. The Bertz CT molecular complexity index is 2580. The number of esters is 1. The Labute approximate surface area is 400 Å². The second-order valence-electron chi connectivity index (χ2n) is 20.3. The normalized spacial score (nSPS) is 20.1. The van der Waals surface area contributed by atoms with Crippen LogP contribution in [-0.4, -0.2) is 141 Å². The molecule has 2 saturated heterocycles. The Morgan fingerprint density at radius 1 is 1.13 bits per heavy atom. The summed E-state index contributed by atoms with van der Waals surface area (Å²) < 4.78 is 22.2. The number of rotatable bonds is 11. The van der Waals surface area contributed by atoms with Gasteiger partial charge < -0.3 is 29.0 Å². The first kappa shape index (κ1) is 50.2. The number of pyridine rings is 1. The van der Waals surface area contributed by atoms with Crippen LogP contribution >= 0.6 is 0 Å². The summed E-state index contributed by atoms with van der Waals surface area (Å²) in [5.41, 5.74) is 7.94. The first-order valence-corrected chi connectivity index (χ1v) is 23.9. The SMILES string of the molecule is CCn1c(-c2cccnc2[C@H](C)OC)c2c3cc(ccc31)-c1nc(nn1C)C[C@H](NC(=O)C(COC1CN(C(=O)C#CC(C)(C)N(C)C)C1)C(C)C)C(=O)N1CCC[C@H](N1)C(=O)OCC(C)(C)C2. The smallest absolute Gasteiger partial charge is 0.324 e. The number of carbonyl (C=O) groups is 4. The van der Waals surface area contributed by atoms with Crippen LogP contribution < -0.4 is 10.7 Å². The topological polar surface area (TPSA) is 178 Å². The van der Waals surface area contributed by atoms with Gasteiger partial charge in [0.2, 0.25) is 5.91 Å². The summed E-state index contributed by atoms with van der Waals surface area (Å²) in [6.45, 7) is 18.1. The number of hydrogen-bond donors (Lipinski definition) is 2. The fourth-order valence-corrected chi connectivity index (χ4v) is 8.99. The van der Waals surface area contributed by atoms with Crippen LogP contribution in [0.3, 0.4) is 0 Å². The van der Waals surface area contributed by atoms with Crippen LogP contribution in [0.2, 0.25) is 0 Å². The molecule has 0 saturated carbocycles. The summed E-state index contributed by atoms with van der Waals surface area (Å²) in [6, 6.07) is 8.47. The molecule has 3 amide bonds. The van der Waals surface area contributed by atoms with Gasteiger partial charge in [-0.15, -0.1) is 0 Å². The van der Waals surface area contributed by atoms with Crippen molar-refractivity contribution in [2.75, 3.05) is 54.1 Å². The lowest BCUT2D eigenvalue weighted by Crippen LogP contribution is -2.61. The standard InChI is InChI=1S/C51H70N10O7/c1-13-60-41-19-18-33-24-36(41)37(45(60)35-16-14-22-52-44(35)32(4)66-12)26-50(5,6)30-68-49(65)39-17-15-23-61(55-39)48(64)40(25-42-54-46(33)58(11)56-42)53-47(63)38(31(2)3)29-67-34-27-59(28-34)43(62)20-21-51(7,8)57(9)10/h14,16,18-19,22,24,31-32,34,38-40,55H,13,15,17,23,25-30H2,1-12H3,(H,53,63)/t32-,38?,39-,40-/m0/s1. The molecule has 6 heterocycles. The second-order valence-corrected chi connectivity index (χ2v) is 20.3. The molecule has 366 valence electrons. The number of hydrogen-bond acceptors (Lipinski definition) is 12. The lowest BCUT2D eigenvalue weighted by atomic mass is 9.84. The average Bonchev–Trinajstić information content (AvgIpc) is 3.81. The number of nitrogens with one attached hydrogen (secondary N) is 2. The molecule has 6 bridgehead atoms. The van der Waals surface area contributed by atoms with Gasteiger partial charge in [0.15, 0.2) is 11.6 Å². The van der Waals surface area contributed by atoms with Gasteiger partial charge in [-0.25, -0.2) is 15.1 Å². The van der Waals surface area contributed by atoms with Gasteiger partial charge in [-0.1, -0.05) is 33.6 Å². The Balaban J connectivity index is 1.20. The van der Waals surface area contributed by atoms with Crippen molar-refractivity contribution in [3.63, 3.8) is 0 Å². The first-order chi connectivity index (χ1) is 32.2. The van der Waals surface area contributed by atoms with Crippen LogP contribution in [0.4, 0.5) is 0 Å². The lowest BCUT2D eigenvalue weighted by Gasteiger charge is -2.38. The maximum absolute atomic E-state index is 14.6. The predicted molar refractivity (Wildman–Crippen MR) is 258 cm³/mol. The van der Waals surface area contributed by atoms with Gasteiger partial charge >= 0.3 is 5.97 Å². The fraction of sp³-hybridized carbons (Fsp3) is 0.588. The molecule has 3 aromatic heterocycles. The molecule has 4 aromatic rings. The van der Waals surface area contributed by atoms with Crippen molar-refractivity contribution < 1.29 is 33.4 Å². The highest BCUT2D eigenvalue weighted by atomic mass is 16.5. The van der Waals surface area contributed by atoms with Gasteiger partial charge in [0, 0.05) is 80.4 Å². The Kier molecular flexibility index (Phi) is 15.1. The third-order valence-electron chi connectivity index (χ3n) is 13.8. The Morgan fingerprint density at radius 2 is 1.88 bits per heavy atom. The highest BCUT2D eigenvalue weighted by Crippen LogP contribution is 2.42. The van der Waals surface area contributed by atoms with Crippen molar-refractivity contribution in [1.82, 2.24) is 49.9 Å². The molecule has 17 nitrogen and oxygen atoms in total. The van der Waals surface area contributed by atoms with E-state index in [1.807, 2.05) is 72.8 Å². The molecule has 3 aliphatic rings. The number of aromatic nitrogens is 5. The number of cyclic esters (lactones) is 1.